The van der Waals surface area contributed by atoms with Crippen LogP contribution in [0.3, 0.4) is 0 Å². The van der Waals surface area contributed by atoms with Crippen LogP contribution in [0.15, 0.2) is 18.2 Å². The van der Waals surface area contributed by atoms with Gasteiger partial charge in [-0.3, -0.25) is 4.90 Å². The van der Waals surface area contributed by atoms with E-state index < -0.39 is 11.6 Å². The second-order valence-electron chi connectivity index (χ2n) is 4.16. The summed E-state index contributed by atoms with van der Waals surface area (Å²) in [7, 11) is 0. The molecule has 16 heavy (non-hydrogen) atoms. The number of hydrogen-bond acceptors (Lipinski definition) is 2. The quantitative estimate of drug-likeness (QED) is 0.836. The Balaban J connectivity index is 2.42. The third-order valence-electron chi connectivity index (χ3n) is 3.25. The van der Waals surface area contributed by atoms with E-state index in [4.69, 9.17) is 5.73 Å². The average Bonchev–Trinajstić information content (AvgIpc) is 2.60. The van der Waals surface area contributed by atoms with Crippen LogP contribution in [0.5, 0.6) is 0 Å². The number of hydrogen-bond donors (Lipinski definition) is 1. The number of nitrogens with two attached hydrogens (primary N) is 1. The molecule has 0 amide bonds. The van der Waals surface area contributed by atoms with Crippen LogP contribution in [-0.4, -0.2) is 24.0 Å². The van der Waals surface area contributed by atoms with E-state index in [1.54, 1.807) is 0 Å². The normalized spacial score (nSPS) is 26.2. The van der Waals surface area contributed by atoms with E-state index in [-0.39, 0.29) is 17.6 Å². The first-order chi connectivity index (χ1) is 7.65. The first-order valence-corrected chi connectivity index (χ1v) is 5.58. The van der Waals surface area contributed by atoms with Gasteiger partial charge >= 0.3 is 0 Å². The van der Waals surface area contributed by atoms with Gasteiger partial charge in [0.2, 0.25) is 0 Å². The molecule has 0 aromatic heterocycles. The summed E-state index contributed by atoms with van der Waals surface area (Å²) in [5.41, 5.74) is 6.06. The van der Waals surface area contributed by atoms with Gasteiger partial charge in [-0.2, -0.15) is 0 Å². The van der Waals surface area contributed by atoms with Gasteiger partial charge in [0.25, 0.3) is 0 Å². The highest BCUT2D eigenvalue weighted by Gasteiger charge is 2.35. The molecule has 2 atom stereocenters. The number of benzene rings is 1. The number of halogens is 2. The molecule has 0 aliphatic carbocycles. The molecule has 1 heterocycles. The van der Waals surface area contributed by atoms with Crippen LogP contribution in [0.1, 0.15) is 24.9 Å². The maximum absolute atomic E-state index is 13.7. The summed E-state index contributed by atoms with van der Waals surface area (Å²) in [6.45, 7) is 3.53. The zero-order chi connectivity index (χ0) is 11.7. The molecular weight excluding hydrogens is 210 g/mol. The molecule has 2 N–H and O–H groups in total. The van der Waals surface area contributed by atoms with Crippen molar-refractivity contribution in [3.8, 4) is 0 Å². The first kappa shape index (κ1) is 11.5. The van der Waals surface area contributed by atoms with Crippen molar-refractivity contribution in [2.75, 3.05) is 13.1 Å². The minimum Gasteiger partial charge on any atom is -0.326 e. The van der Waals surface area contributed by atoms with Crippen LogP contribution in [0, 0.1) is 11.6 Å². The Bertz CT molecular complexity index is 361. The second-order valence-corrected chi connectivity index (χ2v) is 4.16. The number of rotatable bonds is 2. The lowest BCUT2D eigenvalue weighted by molar-refractivity contribution is 0.249. The van der Waals surface area contributed by atoms with Gasteiger partial charge in [-0.05, 0) is 25.1 Å². The van der Waals surface area contributed by atoms with Crippen LogP contribution in [0.25, 0.3) is 0 Å². The SMILES string of the molecule is CCN1CCC(N)C1c1c(F)cccc1F. The molecule has 1 aliphatic rings. The minimum atomic E-state index is -0.499. The zero-order valence-corrected chi connectivity index (χ0v) is 9.29. The molecule has 0 saturated carbocycles. The van der Waals surface area contributed by atoms with E-state index in [0.29, 0.717) is 0 Å². The molecule has 1 saturated heterocycles. The van der Waals surface area contributed by atoms with Gasteiger partial charge in [0.1, 0.15) is 11.6 Å². The summed E-state index contributed by atoms with van der Waals surface area (Å²) in [5.74, 6) is -0.999. The summed E-state index contributed by atoms with van der Waals surface area (Å²) in [6, 6.07) is 3.44. The van der Waals surface area contributed by atoms with Crippen molar-refractivity contribution < 1.29 is 8.78 Å². The fourth-order valence-electron chi connectivity index (χ4n) is 2.43. The standard InChI is InChI=1S/C12H16F2N2/c1-2-16-7-6-10(15)12(16)11-8(13)4-3-5-9(11)14/h3-5,10,12H,2,6-7,15H2,1H3. The van der Waals surface area contributed by atoms with Crippen molar-refractivity contribution in [3.05, 3.63) is 35.4 Å². The Labute approximate surface area is 94.0 Å². The summed E-state index contributed by atoms with van der Waals surface area (Å²) in [4.78, 5) is 2.02. The summed E-state index contributed by atoms with van der Waals surface area (Å²) in [5, 5.41) is 0. The zero-order valence-electron chi connectivity index (χ0n) is 9.29. The fraction of sp³-hybridized carbons (Fsp3) is 0.500. The van der Waals surface area contributed by atoms with E-state index in [2.05, 4.69) is 0 Å². The molecule has 2 rings (SSSR count). The minimum absolute atomic E-state index is 0.120. The Morgan fingerprint density at radius 1 is 1.38 bits per heavy atom. The number of likely N-dealkylation sites (N-methyl/N-ethyl adjacent to an activating group) is 1. The molecule has 0 bridgehead atoms. The van der Waals surface area contributed by atoms with Gasteiger partial charge in [0, 0.05) is 18.2 Å². The van der Waals surface area contributed by atoms with E-state index in [1.165, 1.54) is 18.2 Å². The molecule has 4 heteroatoms. The van der Waals surface area contributed by atoms with Crippen molar-refractivity contribution >= 4 is 0 Å². The van der Waals surface area contributed by atoms with Crippen molar-refractivity contribution in [1.29, 1.82) is 0 Å². The Kier molecular flexibility index (Phi) is 3.21. The Hall–Kier alpha value is -1.00. The van der Waals surface area contributed by atoms with Crippen LogP contribution in [0.4, 0.5) is 8.78 Å². The number of likely N-dealkylation sites (tertiary alicyclic amines) is 1. The monoisotopic (exact) mass is 226 g/mol. The lowest BCUT2D eigenvalue weighted by Gasteiger charge is -2.26. The van der Waals surface area contributed by atoms with Crippen LogP contribution in [0.2, 0.25) is 0 Å². The largest absolute Gasteiger partial charge is 0.326 e. The van der Waals surface area contributed by atoms with Crippen molar-refractivity contribution in [2.24, 2.45) is 5.73 Å². The molecule has 1 aromatic carbocycles. The Morgan fingerprint density at radius 3 is 2.56 bits per heavy atom. The van der Waals surface area contributed by atoms with Gasteiger partial charge in [0.05, 0.1) is 6.04 Å². The molecule has 88 valence electrons. The summed E-state index contributed by atoms with van der Waals surface area (Å²) < 4.78 is 27.3. The van der Waals surface area contributed by atoms with Crippen LogP contribution >= 0.6 is 0 Å². The van der Waals surface area contributed by atoms with Gasteiger partial charge in [-0.1, -0.05) is 13.0 Å². The molecular formula is C12H16F2N2. The molecule has 0 spiro atoms. The van der Waals surface area contributed by atoms with Crippen LogP contribution < -0.4 is 5.73 Å². The molecule has 1 fully saturated rings. The van der Waals surface area contributed by atoms with E-state index in [9.17, 15) is 8.78 Å². The third-order valence-corrected chi connectivity index (χ3v) is 3.25. The fourth-order valence-corrected chi connectivity index (χ4v) is 2.43. The number of nitrogens with zero attached hydrogens (tertiary/aromatic N) is 1. The van der Waals surface area contributed by atoms with Gasteiger partial charge in [0.15, 0.2) is 0 Å². The lowest BCUT2D eigenvalue weighted by atomic mass is 9.99. The maximum Gasteiger partial charge on any atom is 0.130 e. The highest BCUT2D eigenvalue weighted by molar-refractivity contribution is 5.26. The molecule has 1 aromatic rings. The molecule has 2 unspecified atom stereocenters. The predicted octanol–water partition coefficient (Wildman–Crippen LogP) is 2.06. The smallest absolute Gasteiger partial charge is 0.130 e. The lowest BCUT2D eigenvalue weighted by Crippen LogP contribution is -2.33. The third kappa shape index (κ3) is 1.83. The van der Waals surface area contributed by atoms with Crippen molar-refractivity contribution in [1.82, 2.24) is 4.90 Å². The van der Waals surface area contributed by atoms with Gasteiger partial charge in [-0.25, -0.2) is 8.78 Å². The van der Waals surface area contributed by atoms with E-state index in [0.717, 1.165) is 19.5 Å². The highest BCUT2D eigenvalue weighted by atomic mass is 19.1. The summed E-state index contributed by atoms with van der Waals surface area (Å²) >= 11 is 0. The van der Waals surface area contributed by atoms with Gasteiger partial charge < -0.3 is 5.73 Å². The first-order valence-electron chi connectivity index (χ1n) is 5.58. The second kappa shape index (κ2) is 4.47. The summed E-state index contributed by atoms with van der Waals surface area (Å²) in [6.07, 6.45) is 0.784. The molecule has 0 radical (unpaired) electrons. The average molecular weight is 226 g/mol. The van der Waals surface area contributed by atoms with Crippen molar-refractivity contribution in [2.45, 2.75) is 25.4 Å². The van der Waals surface area contributed by atoms with Gasteiger partial charge in [-0.15, -0.1) is 0 Å². The van der Waals surface area contributed by atoms with Crippen molar-refractivity contribution in [3.63, 3.8) is 0 Å². The maximum atomic E-state index is 13.7. The van der Waals surface area contributed by atoms with E-state index in [1.807, 2.05) is 11.8 Å². The molecule has 1 aliphatic heterocycles. The van der Waals surface area contributed by atoms with E-state index >= 15 is 0 Å². The molecule has 2 nitrogen and oxygen atoms in total. The topological polar surface area (TPSA) is 29.3 Å². The predicted molar refractivity (Wildman–Crippen MR) is 58.9 cm³/mol. The highest BCUT2D eigenvalue weighted by Crippen LogP contribution is 2.33. The Morgan fingerprint density at radius 2 is 2.00 bits per heavy atom. The van der Waals surface area contributed by atoms with Crippen LogP contribution in [-0.2, 0) is 0 Å².